The molecule has 0 heterocycles. The fraction of sp³-hybridized carbons (Fsp3) is 1.00. The molecule has 55 valence electrons. The lowest BCUT2D eigenvalue weighted by Gasteiger charge is -2.06. The van der Waals surface area contributed by atoms with Crippen molar-refractivity contribution in [3.8, 4) is 0 Å². The Kier molecular flexibility index (Phi) is 4.67. The molecule has 0 fully saturated rings. The quantitative estimate of drug-likeness (QED) is 0.527. The summed E-state index contributed by atoms with van der Waals surface area (Å²) in [5.74, 6) is 0. The Hall–Kier alpha value is -0.120. The molecule has 0 aliphatic carbocycles. The lowest BCUT2D eigenvalue weighted by molar-refractivity contribution is 0.557. The second-order valence-corrected chi connectivity index (χ2v) is 2.54. The first-order valence-electron chi connectivity index (χ1n) is 3.27. The summed E-state index contributed by atoms with van der Waals surface area (Å²) in [5.41, 5.74) is 10.9. The summed E-state index contributed by atoms with van der Waals surface area (Å²) in [7, 11) is 0. The van der Waals surface area contributed by atoms with Crippen LogP contribution in [0.4, 0.5) is 0 Å². The van der Waals surface area contributed by atoms with Crippen LogP contribution in [0.3, 0.4) is 0 Å². The van der Waals surface area contributed by atoms with E-state index in [1.54, 1.807) is 0 Å². The van der Waals surface area contributed by atoms with Gasteiger partial charge in [-0.15, -0.1) is 0 Å². The second-order valence-electron chi connectivity index (χ2n) is 2.54. The van der Waals surface area contributed by atoms with E-state index in [0.717, 1.165) is 13.1 Å². The highest BCUT2D eigenvalue weighted by Crippen LogP contribution is 1.75. The van der Waals surface area contributed by atoms with Crippen LogP contribution in [0.25, 0.3) is 0 Å². The highest BCUT2D eigenvalue weighted by molar-refractivity contribution is 4.61. The van der Waals surface area contributed by atoms with Crippen LogP contribution in [-0.2, 0) is 0 Å². The Morgan fingerprint density at radius 1 is 1.11 bits per heavy atom. The van der Waals surface area contributed by atoms with Crippen molar-refractivity contribution < 1.29 is 0 Å². The molecule has 0 aromatic rings. The first-order chi connectivity index (χ1) is 4.13. The van der Waals surface area contributed by atoms with Gasteiger partial charge in [0, 0.05) is 25.2 Å². The maximum atomic E-state index is 5.44. The summed E-state index contributed by atoms with van der Waals surface area (Å²) < 4.78 is 0. The largest absolute Gasteiger partial charge is 0.327 e. The third kappa shape index (κ3) is 7.88. The predicted molar refractivity (Wildman–Crippen MR) is 39.2 cm³/mol. The van der Waals surface area contributed by atoms with E-state index in [4.69, 9.17) is 11.5 Å². The van der Waals surface area contributed by atoms with Crippen molar-refractivity contribution >= 4 is 0 Å². The minimum absolute atomic E-state index is 0.170. The molecule has 0 spiro atoms. The van der Waals surface area contributed by atoms with Crippen LogP contribution in [0.15, 0.2) is 0 Å². The second kappa shape index (κ2) is 4.73. The van der Waals surface area contributed by atoms with E-state index < -0.39 is 0 Å². The predicted octanol–water partition coefficient (Wildman–Crippen LogP) is -0.715. The highest BCUT2D eigenvalue weighted by Gasteiger charge is 1.95. The molecule has 0 aliphatic heterocycles. The Labute approximate surface area is 56.8 Å². The lowest BCUT2D eigenvalue weighted by atomic mass is 10.3. The molecule has 0 bridgehead atoms. The Morgan fingerprint density at radius 3 is 1.67 bits per heavy atom. The van der Waals surface area contributed by atoms with Crippen molar-refractivity contribution in [3.05, 3.63) is 0 Å². The van der Waals surface area contributed by atoms with Gasteiger partial charge in [-0.05, 0) is 13.8 Å². The van der Waals surface area contributed by atoms with Gasteiger partial charge in [0.1, 0.15) is 0 Å². The van der Waals surface area contributed by atoms with Gasteiger partial charge in [-0.1, -0.05) is 0 Å². The molecule has 0 aromatic heterocycles. The van der Waals surface area contributed by atoms with Crippen molar-refractivity contribution in [1.29, 1.82) is 0 Å². The van der Waals surface area contributed by atoms with Crippen LogP contribution in [0.2, 0.25) is 0 Å². The normalized spacial score (nSPS) is 17.3. The molecule has 0 aliphatic rings. The molecule has 9 heavy (non-hydrogen) atoms. The zero-order valence-corrected chi connectivity index (χ0v) is 6.17. The molecule has 0 amide bonds. The van der Waals surface area contributed by atoms with Crippen molar-refractivity contribution in [2.75, 3.05) is 13.1 Å². The van der Waals surface area contributed by atoms with Gasteiger partial charge < -0.3 is 11.5 Å². The molecule has 3 nitrogen and oxygen atoms in total. The molecular weight excluding hydrogens is 114 g/mol. The van der Waals surface area contributed by atoms with Crippen LogP contribution < -0.4 is 16.8 Å². The molecule has 2 unspecified atom stereocenters. The van der Waals surface area contributed by atoms with E-state index in [-0.39, 0.29) is 12.1 Å². The van der Waals surface area contributed by atoms with E-state index in [1.165, 1.54) is 0 Å². The first-order valence-corrected chi connectivity index (χ1v) is 3.27. The number of hydrogen-bond donors (Lipinski definition) is 2. The molecule has 1 radical (unpaired) electrons. The van der Waals surface area contributed by atoms with Crippen molar-refractivity contribution in [1.82, 2.24) is 5.32 Å². The zero-order chi connectivity index (χ0) is 7.28. The van der Waals surface area contributed by atoms with Gasteiger partial charge in [-0.25, -0.2) is 5.32 Å². The summed E-state index contributed by atoms with van der Waals surface area (Å²) in [5, 5.41) is 4.12. The highest BCUT2D eigenvalue weighted by atomic mass is 14.9. The molecule has 4 N–H and O–H groups in total. The summed E-state index contributed by atoms with van der Waals surface area (Å²) in [4.78, 5) is 0. The molecule has 3 heteroatoms. The minimum atomic E-state index is 0.170. The minimum Gasteiger partial charge on any atom is -0.327 e. The monoisotopic (exact) mass is 130 g/mol. The topological polar surface area (TPSA) is 66.1 Å². The molecule has 0 saturated heterocycles. The Balaban J connectivity index is 2.91. The van der Waals surface area contributed by atoms with E-state index in [0.29, 0.717) is 0 Å². The van der Waals surface area contributed by atoms with Crippen molar-refractivity contribution in [3.63, 3.8) is 0 Å². The standard InChI is InChI=1S/C6H16N3/c1-5(7)3-9-4-6(2)8/h5-6H,3-4,7-8H2,1-2H3. The van der Waals surface area contributed by atoms with Crippen molar-refractivity contribution in [2.24, 2.45) is 11.5 Å². The number of rotatable bonds is 4. The lowest BCUT2D eigenvalue weighted by Crippen LogP contribution is -2.33. The van der Waals surface area contributed by atoms with Crippen LogP contribution in [0.5, 0.6) is 0 Å². The van der Waals surface area contributed by atoms with Gasteiger partial charge in [0.25, 0.3) is 0 Å². The van der Waals surface area contributed by atoms with E-state index >= 15 is 0 Å². The maximum Gasteiger partial charge on any atom is 0.0283 e. The van der Waals surface area contributed by atoms with Gasteiger partial charge in [-0.3, -0.25) is 0 Å². The third-order valence-corrected chi connectivity index (χ3v) is 0.834. The van der Waals surface area contributed by atoms with E-state index in [9.17, 15) is 0 Å². The molecule has 0 saturated carbocycles. The van der Waals surface area contributed by atoms with E-state index in [2.05, 4.69) is 5.32 Å². The van der Waals surface area contributed by atoms with Crippen molar-refractivity contribution in [2.45, 2.75) is 25.9 Å². The van der Waals surface area contributed by atoms with Gasteiger partial charge in [-0.2, -0.15) is 0 Å². The smallest absolute Gasteiger partial charge is 0.0283 e. The first kappa shape index (κ1) is 8.88. The molecule has 2 atom stereocenters. The van der Waals surface area contributed by atoms with Gasteiger partial charge in [0.05, 0.1) is 0 Å². The molecular formula is C6H16N3. The summed E-state index contributed by atoms with van der Waals surface area (Å²) in [6.07, 6.45) is 0. The average Bonchev–Trinajstić information content (AvgIpc) is 1.63. The van der Waals surface area contributed by atoms with Crippen LogP contribution >= 0.6 is 0 Å². The molecule has 0 rings (SSSR count). The van der Waals surface area contributed by atoms with Crippen LogP contribution in [-0.4, -0.2) is 25.2 Å². The Bertz CT molecular complexity index is 53.3. The number of nitrogens with two attached hydrogens (primary N) is 2. The van der Waals surface area contributed by atoms with Crippen LogP contribution in [0.1, 0.15) is 13.8 Å². The zero-order valence-electron chi connectivity index (χ0n) is 6.17. The molecule has 0 aromatic carbocycles. The van der Waals surface area contributed by atoms with Gasteiger partial charge >= 0.3 is 0 Å². The summed E-state index contributed by atoms with van der Waals surface area (Å²) in [6.45, 7) is 5.32. The van der Waals surface area contributed by atoms with Gasteiger partial charge in [0.15, 0.2) is 0 Å². The Morgan fingerprint density at radius 2 is 1.44 bits per heavy atom. The maximum absolute atomic E-state index is 5.44. The van der Waals surface area contributed by atoms with E-state index in [1.807, 2.05) is 13.8 Å². The number of nitrogens with zero attached hydrogens (tertiary/aromatic N) is 1. The van der Waals surface area contributed by atoms with Crippen LogP contribution in [0, 0.1) is 0 Å². The summed E-state index contributed by atoms with van der Waals surface area (Å²) >= 11 is 0. The average molecular weight is 130 g/mol. The third-order valence-electron chi connectivity index (χ3n) is 0.834. The fourth-order valence-electron chi connectivity index (χ4n) is 0.482. The fourth-order valence-corrected chi connectivity index (χ4v) is 0.482. The number of hydrogen-bond acceptors (Lipinski definition) is 2. The summed E-state index contributed by atoms with van der Waals surface area (Å²) in [6, 6.07) is 0.340. The SMILES string of the molecule is CC(N)C[N]CC(C)N. The van der Waals surface area contributed by atoms with Gasteiger partial charge in [0.2, 0.25) is 0 Å².